The van der Waals surface area contributed by atoms with E-state index in [1.807, 2.05) is 30.3 Å². The van der Waals surface area contributed by atoms with Crippen LogP contribution >= 0.6 is 11.8 Å². The molecular weight excluding hydrogens is 234 g/mol. The van der Waals surface area contributed by atoms with E-state index in [9.17, 15) is 4.79 Å². The Bertz CT molecular complexity index is 365. The van der Waals surface area contributed by atoms with Gasteiger partial charge in [-0.1, -0.05) is 30.3 Å². The quantitative estimate of drug-likeness (QED) is 0.809. The molecule has 1 aliphatic carbocycles. The minimum Gasteiger partial charge on any atom is -0.396 e. The van der Waals surface area contributed by atoms with Crippen molar-refractivity contribution in [3.05, 3.63) is 35.9 Å². The van der Waals surface area contributed by atoms with Gasteiger partial charge in [-0.2, -0.15) is 0 Å². The SMILES string of the molecule is O=C(NC1CC1)[C@@H](SCCO)c1ccccc1. The van der Waals surface area contributed by atoms with Crippen molar-refractivity contribution in [2.24, 2.45) is 0 Å². The minimum atomic E-state index is -0.205. The van der Waals surface area contributed by atoms with Crippen molar-refractivity contribution >= 4 is 17.7 Å². The van der Waals surface area contributed by atoms with Crippen LogP contribution in [0.1, 0.15) is 23.7 Å². The first-order valence-corrected chi connectivity index (χ1v) is 6.94. The summed E-state index contributed by atoms with van der Waals surface area (Å²) in [5, 5.41) is 11.7. The zero-order valence-corrected chi connectivity index (χ0v) is 10.5. The molecule has 0 radical (unpaired) electrons. The first kappa shape index (κ1) is 12.5. The highest BCUT2D eigenvalue weighted by Crippen LogP contribution is 2.30. The standard InChI is InChI=1S/C13H17NO2S/c15-8-9-17-12(10-4-2-1-3-5-10)13(16)14-11-6-7-11/h1-5,11-12,15H,6-9H2,(H,14,16)/t12-/m0/s1. The monoisotopic (exact) mass is 251 g/mol. The molecule has 4 heteroatoms. The number of carbonyl (C=O) groups excluding carboxylic acids is 1. The van der Waals surface area contributed by atoms with Crippen LogP contribution in [0.3, 0.4) is 0 Å². The Balaban J connectivity index is 2.03. The van der Waals surface area contributed by atoms with Crippen molar-refractivity contribution in [1.82, 2.24) is 5.32 Å². The topological polar surface area (TPSA) is 49.3 Å². The maximum Gasteiger partial charge on any atom is 0.237 e. The fourth-order valence-electron chi connectivity index (χ4n) is 1.63. The van der Waals surface area contributed by atoms with Gasteiger partial charge in [0.05, 0.1) is 6.61 Å². The van der Waals surface area contributed by atoms with Crippen LogP contribution in [0.15, 0.2) is 30.3 Å². The largest absolute Gasteiger partial charge is 0.396 e. The second-order valence-electron chi connectivity index (χ2n) is 4.17. The van der Waals surface area contributed by atoms with Crippen molar-refractivity contribution in [2.75, 3.05) is 12.4 Å². The predicted molar refractivity (Wildman–Crippen MR) is 69.9 cm³/mol. The Hall–Kier alpha value is -1.00. The molecule has 3 nitrogen and oxygen atoms in total. The summed E-state index contributed by atoms with van der Waals surface area (Å²) < 4.78 is 0. The van der Waals surface area contributed by atoms with E-state index in [2.05, 4.69) is 5.32 Å². The number of amides is 1. The highest BCUT2D eigenvalue weighted by molar-refractivity contribution is 8.00. The van der Waals surface area contributed by atoms with E-state index in [0.717, 1.165) is 18.4 Å². The van der Waals surface area contributed by atoms with Gasteiger partial charge in [0.15, 0.2) is 0 Å². The number of rotatable bonds is 6. The van der Waals surface area contributed by atoms with E-state index in [4.69, 9.17) is 5.11 Å². The average molecular weight is 251 g/mol. The summed E-state index contributed by atoms with van der Waals surface area (Å²) >= 11 is 1.49. The Morgan fingerprint density at radius 2 is 2.12 bits per heavy atom. The lowest BCUT2D eigenvalue weighted by atomic mass is 10.1. The first-order valence-electron chi connectivity index (χ1n) is 5.89. The van der Waals surface area contributed by atoms with Crippen LogP contribution in [0, 0.1) is 0 Å². The summed E-state index contributed by atoms with van der Waals surface area (Å²) in [6, 6.07) is 10.1. The van der Waals surface area contributed by atoms with E-state index in [0.29, 0.717) is 11.8 Å². The molecule has 17 heavy (non-hydrogen) atoms. The molecule has 1 atom stereocenters. The number of thioether (sulfide) groups is 1. The summed E-state index contributed by atoms with van der Waals surface area (Å²) in [7, 11) is 0. The second kappa shape index (κ2) is 6.07. The van der Waals surface area contributed by atoms with Gasteiger partial charge in [-0.3, -0.25) is 4.79 Å². The normalized spacial score (nSPS) is 16.5. The van der Waals surface area contributed by atoms with Crippen molar-refractivity contribution in [3.8, 4) is 0 Å². The highest BCUT2D eigenvalue weighted by atomic mass is 32.2. The summed E-state index contributed by atoms with van der Waals surface area (Å²) in [5.74, 6) is 0.648. The van der Waals surface area contributed by atoms with Crippen LogP contribution in [0.2, 0.25) is 0 Å². The van der Waals surface area contributed by atoms with Gasteiger partial charge in [-0.15, -0.1) is 11.8 Å². The molecule has 0 spiro atoms. The van der Waals surface area contributed by atoms with Gasteiger partial charge in [-0.25, -0.2) is 0 Å². The van der Waals surface area contributed by atoms with Crippen molar-refractivity contribution in [3.63, 3.8) is 0 Å². The molecule has 0 bridgehead atoms. The molecule has 1 saturated carbocycles. The number of aliphatic hydroxyl groups is 1. The third-order valence-corrected chi connectivity index (χ3v) is 3.88. The third-order valence-electron chi connectivity index (χ3n) is 2.64. The number of benzene rings is 1. The van der Waals surface area contributed by atoms with E-state index in [1.165, 1.54) is 11.8 Å². The van der Waals surface area contributed by atoms with E-state index in [-0.39, 0.29) is 17.8 Å². The first-order chi connectivity index (χ1) is 8.31. The Morgan fingerprint density at radius 1 is 1.41 bits per heavy atom. The van der Waals surface area contributed by atoms with Gasteiger partial charge in [0, 0.05) is 11.8 Å². The van der Waals surface area contributed by atoms with Crippen molar-refractivity contribution in [1.29, 1.82) is 0 Å². The molecule has 0 heterocycles. The fourth-order valence-corrected chi connectivity index (χ4v) is 2.54. The van der Waals surface area contributed by atoms with Gasteiger partial charge in [0.2, 0.25) is 5.91 Å². The average Bonchev–Trinajstić information content (AvgIpc) is 3.15. The van der Waals surface area contributed by atoms with Gasteiger partial charge < -0.3 is 10.4 Å². The number of nitrogens with one attached hydrogen (secondary N) is 1. The number of hydrogen-bond donors (Lipinski definition) is 2. The zero-order chi connectivity index (χ0) is 12.1. The lowest BCUT2D eigenvalue weighted by Gasteiger charge is -2.16. The van der Waals surface area contributed by atoms with Gasteiger partial charge >= 0.3 is 0 Å². The molecule has 1 amide bonds. The van der Waals surface area contributed by atoms with Crippen LogP contribution in [-0.2, 0) is 4.79 Å². The lowest BCUT2D eigenvalue weighted by molar-refractivity contribution is -0.120. The molecule has 1 aromatic rings. The summed E-state index contributed by atoms with van der Waals surface area (Å²) in [5.41, 5.74) is 1.00. The van der Waals surface area contributed by atoms with Crippen LogP contribution < -0.4 is 5.32 Å². The molecule has 92 valence electrons. The molecule has 1 aliphatic rings. The van der Waals surface area contributed by atoms with Crippen LogP contribution in [-0.4, -0.2) is 29.4 Å². The third kappa shape index (κ3) is 3.75. The molecule has 1 aromatic carbocycles. The number of aliphatic hydroxyl groups excluding tert-OH is 1. The number of carbonyl (C=O) groups is 1. The second-order valence-corrected chi connectivity index (χ2v) is 5.38. The van der Waals surface area contributed by atoms with Crippen LogP contribution in [0.4, 0.5) is 0 Å². The van der Waals surface area contributed by atoms with Crippen LogP contribution in [0.5, 0.6) is 0 Å². The Kier molecular flexibility index (Phi) is 4.45. The predicted octanol–water partition coefficient (Wildman–Crippen LogP) is 1.73. The zero-order valence-electron chi connectivity index (χ0n) is 9.63. The molecule has 1 fully saturated rings. The van der Waals surface area contributed by atoms with Crippen molar-refractivity contribution in [2.45, 2.75) is 24.1 Å². The van der Waals surface area contributed by atoms with Crippen molar-refractivity contribution < 1.29 is 9.90 Å². The van der Waals surface area contributed by atoms with Crippen LogP contribution in [0.25, 0.3) is 0 Å². The lowest BCUT2D eigenvalue weighted by Crippen LogP contribution is -2.30. The molecule has 0 aliphatic heterocycles. The smallest absolute Gasteiger partial charge is 0.237 e. The molecule has 2 N–H and O–H groups in total. The van der Waals surface area contributed by atoms with Gasteiger partial charge in [-0.05, 0) is 18.4 Å². The van der Waals surface area contributed by atoms with E-state index >= 15 is 0 Å². The maximum atomic E-state index is 12.1. The molecule has 0 saturated heterocycles. The highest BCUT2D eigenvalue weighted by Gasteiger charge is 2.28. The Morgan fingerprint density at radius 3 is 2.71 bits per heavy atom. The molecular formula is C13H17NO2S. The maximum absolute atomic E-state index is 12.1. The Labute approximate surface area is 106 Å². The fraction of sp³-hybridized carbons (Fsp3) is 0.462. The molecule has 2 rings (SSSR count). The summed E-state index contributed by atoms with van der Waals surface area (Å²) in [6.07, 6.45) is 2.19. The molecule has 0 aromatic heterocycles. The minimum absolute atomic E-state index is 0.0668. The van der Waals surface area contributed by atoms with E-state index < -0.39 is 0 Å². The van der Waals surface area contributed by atoms with Gasteiger partial charge in [0.1, 0.15) is 5.25 Å². The summed E-state index contributed by atoms with van der Waals surface area (Å²) in [4.78, 5) is 12.1. The number of hydrogen-bond acceptors (Lipinski definition) is 3. The summed E-state index contributed by atoms with van der Waals surface area (Å²) in [6.45, 7) is 0.102. The molecule has 0 unspecified atom stereocenters. The van der Waals surface area contributed by atoms with E-state index in [1.54, 1.807) is 0 Å². The van der Waals surface area contributed by atoms with Gasteiger partial charge in [0.25, 0.3) is 0 Å².